The van der Waals surface area contributed by atoms with Crippen molar-refractivity contribution in [2.75, 3.05) is 26.8 Å². The number of nitriles is 1. The van der Waals surface area contributed by atoms with E-state index in [9.17, 15) is 9.18 Å². The molecule has 1 aromatic rings. The molecule has 5 nitrogen and oxygen atoms in total. The van der Waals surface area contributed by atoms with E-state index < -0.39 is 5.82 Å². The Morgan fingerprint density at radius 1 is 1.62 bits per heavy atom. The first-order valence-corrected chi connectivity index (χ1v) is 6.72. The highest BCUT2D eigenvalue weighted by molar-refractivity contribution is 5.69. The van der Waals surface area contributed by atoms with Crippen molar-refractivity contribution < 1.29 is 18.7 Å². The summed E-state index contributed by atoms with van der Waals surface area (Å²) in [5.41, 5.74) is 0.527. The molecule has 1 atom stereocenters. The van der Waals surface area contributed by atoms with Crippen LogP contribution in [-0.4, -0.2) is 43.8 Å². The predicted molar refractivity (Wildman–Crippen MR) is 72.8 cm³/mol. The number of benzene rings is 1. The van der Waals surface area contributed by atoms with Gasteiger partial charge in [-0.15, -0.1) is 0 Å². The summed E-state index contributed by atoms with van der Waals surface area (Å²) in [7, 11) is 1.34. The summed E-state index contributed by atoms with van der Waals surface area (Å²) >= 11 is 0. The summed E-state index contributed by atoms with van der Waals surface area (Å²) in [5.74, 6) is -0.796. The molecule has 0 aliphatic carbocycles. The lowest BCUT2D eigenvalue weighted by Gasteiger charge is -2.32. The van der Waals surface area contributed by atoms with Crippen LogP contribution in [0.2, 0.25) is 0 Å². The molecule has 1 heterocycles. The Morgan fingerprint density at radius 3 is 3.14 bits per heavy atom. The van der Waals surface area contributed by atoms with Crippen LogP contribution in [0.1, 0.15) is 17.5 Å². The van der Waals surface area contributed by atoms with Crippen LogP contribution in [0.25, 0.3) is 0 Å². The number of carbonyl (C=O) groups excluding carboxylic acids is 1. The molecule has 112 valence electrons. The lowest BCUT2D eigenvalue weighted by molar-refractivity contribution is -0.145. The number of ether oxygens (including phenoxy) is 2. The second-order valence-electron chi connectivity index (χ2n) is 4.90. The first-order chi connectivity index (χ1) is 10.1. The fraction of sp³-hybridized carbons (Fsp3) is 0.467. The number of halogens is 1. The lowest BCUT2D eigenvalue weighted by atomic mass is 10.1. The molecule has 0 spiro atoms. The predicted octanol–water partition coefficient (Wildman–Crippen LogP) is 1.46. The molecule has 21 heavy (non-hydrogen) atoms. The van der Waals surface area contributed by atoms with Gasteiger partial charge in [0.1, 0.15) is 11.9 Å². The van der Waals surface area contributed by atoms with Crippen LogP contribution in [0, 0.1) is 17.1 Å². The minimum Gasteiger partial charge on any atom is -0.469 e. The number of hydrogen-bond acceptors (Lipinski definition) is 5. The highest BCUT2D eigenvalue weighted by Gasteiger charge is 2.24. The van der Waals surface area contributed by atoms with Gasteiger partial charge in [0, 0.05) is 25.2 Å². The van der Waals surface area contributed by atoms with Gasteiger partial charge >= 0.3 is 5.97 Å². The second kappa shape index (κ2) is 7.16. The zero-order valence-electron chi connectivity index (χ0n) is 11.8. The Balaban J connectivity index is 2.00. The Morgan fingerprint density at radius 2 is 2.43 bits per heavy atom. The average molecular weight is 292 g/mol. The number of esters is 1. The van der Waals surface area contributed by atoms with Crippen molar-refractivity contribution in [3.05, 3.63) is 35.1 Å². The van der Waals surface area contributed by atoms with Crippen LogP contribution in [0.3, 0.4) is 0 Å². The highest BCUT2D eigenvalue weighted by Crippen LogP contribution is 2.17. The third-order valence-electron chi connectivity index (χ3n) is 3.44. The SMILES string of the molecule is COC(=O)CC1CN(Cc2cccc(C#N)c2F)CCO1. The minimum absolute atomic E-state index is 0.0480. The molecule has 0 aromatic heterocycles. The molecule has 0 bridgehead atoms. The maximum absolute atomic E-state index is 14.0. The molecule has 1 aromatic carbocycles. The van der Waals surface area contributed by atoms with E-state index in [1.807, 2.05) is 11.0 Å². The summed E-state index contributed by atoms with van der Waals surface area (Å²) in [6.45, 7) is 2.07. The van der Waals surface area contributed by atoms with Crippen molar-refractivity contribution >= 4 is 5.97 Å². The van der Waals surface area contributed by atoms with Crippen LogP contribution < -0.4 is 0 Å². The van der Waals surface area contributed by atoms with Crippen molar-refractivity contribution in [1.29, 1.82) is 5.26 Å². The van der Waals surface area contributed by atoms with E-state index in [0.717, 1.165) is 0 Å². The molecule has 1 unspecified atom stereocenters. The monoisotopic (exact) mass is 292 g/mol. The minimum atomic E-state index is -0.476. The second-order valence-corrected chi connectivity index (χ2v) is 4.90. The van der Waals surface area contributed by atoms with E-state index in [2.05, 4.69) is 4.74 Å². The zero-order chi connectivity index (χ0) is 15.2. The quantitative estimate of drug-likeness (QED) is 0.786. The van der Waals surface area contributed by atoms with E-state index in [1.165, 1.54) is 13.2 Å². The summed E-state index contributed by atoms with van der Waals surface area (Å²) in [4.78, 5) is 13.3. The number of methoxy groups -OCH3 is 1. The molecule has 2 rings (SSSR count). The third-order valence-corrected chi connectivity index (χ3v) is 3.44. The van der Waals surface area contributed by atoms with Gasteiger partial charge in [0.15, 0.2) is 0 Å². The van der Waals surface area contributed by atoms with Gasteiger partial charge in [-0.05, 0) is 6.07 Å². The molecular weight excluding hydrogens is 275 g/mol. The van der Waals surface area contributed by atoms with Crippen LogP contribution in [-0.2, 0) is 20.8 Å². The highest BCUT2D eigenvalue weighted by atomic mass is 19.1. The average Bonchev–Trinajstić information content (AvgIpc) is 2.49. The third kappa shape index (κ3) is 4.00. The van der Waals surface area contributed by atoms with Crippen LogP contribution >= 0.6 is 0 Å². The van der Waals surface area contributed by atoms with E-state index in [1.54, 1.807) is 12.1 Å². The Hall–Kier alpha value is -1.97. The number of hydrogen-bond donors (Lipinski definition) is 0. The molecule has 6 heteroatoms. The molecule has 1 aliphatic heterocycles. The van der Waals surface area contributed by atoms with Gasteiger partial charge in [0.25, 0.3) is 0 Å². The fourth-order valence-corrected chi connectivity index (χ4v) is 2.35. The molecule has 1 saturated heterocycles. The topological polar surface area (TPSA) is 62.6 Å². The van der Waals surface area contributed by atoms with Gasteiger partial charge in [-0.3, -0.25) is 9.69 Å². The van der Waals surface area contributed by atoms with E-state index in [-0.39, 0.29) is 24.1 Å². The van der Waals surface area contributed by atoms with E-state index >= 15 is 0 Å². The van der Waals surface area contributed by atoms with Gasteiger partial charge in [-0.2, -0.15) is 5.26 Å². The largest absolute Gasteiger partial charge is 0.469 e. The van der Waals surface area contributed by atoms with Gasteiger partial charge in [0.05, 0.1) is 31.8 Å². The summed E-state index contributed by atoms with van der Waals surface area (Å²) in [6, 6.07) is 6.63. The first-order valence-electron chi connectivity index (χ1n) is 6.72. The first kappa shape index (κ1) is 15.4. The fourth-order valence-electron chi connectivity index (χ4n) is 2.35. The van der Waals surface area contributed by atoms with E-state index in [0.29, 0.717) is 31.8 Å². The normalized spacial score (nSPS) is 19.0. The Labute approximate surface area is 122 Å². The van der Waals surface area contributed by atoms with Crippen molar-refractivity contribution in [3.8, 4) is 6.07 Å². The molecular formula is C15H17FN2O3. The molecule has 0 radical (unpaired) electrons. The smallest absolute Gasteiger partial charge is 0.308 e. The number of rotatable bonds is 4. The molecule has 1 fully saturated rings. The summed E-state index contributed by atoms with van der Waals surface area (Å²) in [6.07, 6.45) is -0.0540. The number of morpholine rings is 1. The van der Waals surface area contributed by atoms with Gasteiger partial charge in [-0.25, -0.2) is 4.39 Å². The summed E-state index contributed by atoms with van der Waals surface area (Å²) < 4.78 is 24.2. The van der Waals surface area contributed by atoms with E-state index in [4.69, 9.17) is 10.00 Å². The maximum Gasteiger partial charge on any atom is 0.308 e. The van der Waals surface area contributed by atoms with Crippen LogP contribution in [0.15, 0.2) is 18.2 Å². The molecule has 0 amide bonds. The van der Waals surface area contributed by atoms with Crippen molar-refractivity contribution in [1.82, 2.24) is 4.90 Å². The molecule has 1 aliphatic rings. The summed E-state index contributed by atoms with van der Waals surface area (Å²) in [5, 5.41) is 8.84. The van der Waals surface area contributed by atoms with Crippen molar-refractivity contribution in [2.24, 2.45) is 0 Å². The standard InChI is InChI=1S/C15H17FN2O3/c1-20-14(19)7-13-10-18(5-6-21-13)9-12-4-2-3-11(8-17)15(12)16/h2-4,13H,5-7,9-10H2,1H3. The van der Waals surface area contributed by atoms with Crippen molar-refractivity contribution in [3.63, 3.8) is 0 Å². The number of carbonyl (C=O) groups is 1. The lowest BCUT2D eigenvalue weighted by Crippen LogP contribution is -2.43. The van der Waals surface area contributed by atoms with Gasteiger partial charge in [0.2, 0.25) is 0 Å². The zero-order valence-corrected chi connectivity index (χ0v) is 11.8. The van der Waals surface area contributed by atoms with Gasteiger partial charge < -0.3 is 9.47 Å². The van der Waals surface area contributed by atoms with Crippen LogP contribution in [0.4, 0.5) is 4.39 Å². The Bertz CT molecular complexity index is 556. The maximum atomic E-state index is 14.0. The number of nitrogens with zero attached hydrogens (tertiary/aromatic N) is 2. The molecule has 0 saturated carbocycles. The van der Waals surface area contributed by atoms with Crippen molar-refractivity contribution in [2.45, 2.75) is 19.1 Å². The van der Waals surface area contributed by atoms with Gasteiger partial charge in [-0.1, -0.05) is 12.1 Å². The van der Waals surface area contributed by atoms with Crippen LogP contribution in [0.5, 0.6) is 0 Å². The Kier molecular flexibility index (Phi) is 5.26. The molecule has 0 N–H and O–H groups in total.